The van der Waals surface area contributed by atoms with Crippen LogP contribution in [0.4, 0.5) is 0 Å². The van der Waals surface area contributed by atoms with E-state index in [0.29, 0.717) is 5.92 Å². The molecule has 1 fully saturated rings. The van der Waals surface area contributed by atoms with E-state index in [9.17, 15) is 0 Å². The Bertz CT molecular complexity index is 366. The summed E-state index contributed by atoms with van der Waals surface area (Å²) in [5.74, 6) is 1.61. The molecule has 3 heteroatoms. The second kappa shape index (κ2) is 14.4. The van der Waals surface area contributed by atoms with Crippen molar-refractivity contribution in [1.82, 2.24) is 10.2 Å². The van der Waals surface area contributed by atoms with E-state index in [-0.39, 0.29) is 5.41 Å². The molecule has 1 aliphatic heterocycles. The molecule has 1 unspecified atom stereocenters. The van der Waals surface area contributed by atoms with Gasteiger partial charge in [0, 0.05) is 6.54 Å². The predicted molar refractivity (Wildman–Crippen MR) is 112 cm³/mol. The number of ether oxygens (including phenoxy) is 1. The second-order valence-electron chi connectivity index (χ2n) is 7.82. The van der Waals surface area contributed by atoms with Crippen LogP contribution < -0.4 is 5.32 Å². The summed E-state index contributed by atoms with van der Waals surface area (Å²) in [4.78, 5) is 2.57. The summed E-state index contributed by atoms with van der Waals surface area (Å²) in [5, 5.41) is 2.75. The standard InChI is InChI=1S/C17H29NO.C3H8.C2H7N/c1-15-14-16(8-9-17(15,2)3)19-13-7-12-18-10-5-4-6-11-18;2*1-3-2/h8-9,14-15H,4-7,10-13H2,1-3H3;3H2,1-2H3;3H,1-2H3. The van der Waals surface area contributed by atoms with E-state index in [1.165, 1.54) is 45.3 Å². The van der Waals surface area contributed by atoms with E-state index in [1.807, 2.05) is 14.1 Å². The highest BCUT2D eigenvalue weighted by Crippen LogP contribution is 2.34. The second-order valence-corrected chi connectivity index (χ2v) is 7.82. The zero-order chi connectivity index (χ0) is 19.1. The van der Waals surface area contributed by atoms with Crippen molar-refractivity contribution < 1.29 is 4.74 Å². The zero-order valence-electron chi connectivity index (χ0n) is 18.0. The van der Waals surface area contributed by atoms with Gasteiger partial charge in [-0.2, -0.15) is 0 Å². The van der Waals surface area contributed by atoms with Gasteiger partial charge in [-0.05, 0) is 69.9 Å². The maximum atomic E-state index is 5.89. The Balaban J connectivity index is 0.000000844. The van der Waals surface area contributed by atoms with Crippen LogP contribution in [0.1, 0.15) is 66.7 Å². The lowest BCUT2D eigenvalue weighted by molar-refractivity contribution is 0.171. The first-order valence-corrected chi connectivity index (χ1v) is 10.3. The van der Waals surface area contributed by atoms with Crippen molar-refractivity contribution in [3.63, 3.8) is 0 Å². The zero-order valence-corrected chi connectivity index (χ0v) is 18.0. The molecule has 0 saturated carbocycles. The topological polar surface area (TPSA) is 24.5 Å². The van der Waals surface area contributed by atoms with Crippen LogP contribution in [0.2, 0.25) is 0 Å². The number of allylic oxidation sites excluding steroid dienone is 3. The third-order valence-corrected chi connectivity index (χ3v) is 4.60. The fourth-order valence-electron chi connectivity index (χ4n) is 2.72. The fraction of sp³-hybridized carbons (Fsp3) is 0.818. The average molecular weight is 353 g/mol. The van der Waals surface area contributed by atoms with E-state index in [0.717, 1.165) is 18.8 Å². The number of hydrogen-bond acceptors (Lipinski definition) is 3. The van der Waals surface area contributed by atoms with Crippen molar-refractivity contribution in [3.05, 3.63) is 24.0 Å². The molecule has 0 amide bonds. The molecule has 0 radical (unpaired) electrons. The molecule has 2 aliphatic rings. The maximum Gasteiger partial charge on any atom is 0.115 e. The summed E-state index contributed by atoms with van der Waals surface area (Å²) >= 11 is 0. The molecule has 0 aromatic rings. The highest BCUT2D eigenvalue weighted by atomic mass is 16.5. The van der Waals surface area contributed by atoms with Gasteiger partial charge in [-0.1, -0.05) is 53.5 Å². The van der Waals surface area contributed by atoms with E-state index in [4.69, 9.17) is 4.74 Å². The van der Waals surface area contributed by atoms with E-state index < -0.39 is 0 Å². The minimum Gasteiger partial charge on any atom is -0.494 e. The number of nitrogens with zero attached hydrogens (tertiary/aromatic N) is 1. The molecule has 3 nitrogen and oxygen atoms in total. The maximum absolute atomic E-state index is 5.89. The van der Waals surface area contributed by atoms with Gasteiger partial charge < -0.3 is 15.0 Å². The van der Waals surface area contributed by atoms with Crippen molar-refractivity contribution in [2.45, 2.75) is 66.7 Å². The van der Waals surface area contributed by atoms with Gasteiger partial charge >= 0.3 is 0 Å². The third-order valence-electron chi connectivity index (χ3n) is 4.60. The van der Waals surface area contributed by atoms with E-state index >= 15 is 0 Å². The lowest BCUT2D eigenvalue weighted by Crippen LogP contribution is -2.31. The highest BCUT2D eigenvalue weighted by molar-refractivity contribution is 5.23. The van der Waals surface area contributed by atoms with Gasteiger partial charge in [-0.25, -0.2) is 0 Å². The first kappa shape index (κ1) is 24.2. The summed E-state index contributed by atoms with van der Waals surface area (Å²) in [6, 6.07) is 0. The minimum atomic E-state index is 0.265. The Hall–Kier alpha value is -0.800. The van der Waals surface area contributed by atoms with Crippen LogP contribution in [0, 0.1) is 11.3 Å². The van der Waals surface area contributed by atoms with Gasteiger partial charge in [0.2, 0.25) is 0 Å². The van der Waals surface area contributed by atoms with Crippen molar-refractivity contribution in [2.24, 2.45) is 11.3 Å². The summed E-state index contributed by atoms with van der Waals surface area (Å²) in [7, 11) is 3.75. The van der Waals surface area contributed by atoms with Gasteiger partial charge in [0.25, 0.3) is 0 Å². The molecule has 1 heterocycles. The Kier molecular flexibility index (Phi) is 13.9. The molecule has 0 bridgehead atoms. The van der Waals surface area contributed by atoms with Crippen LogP contribution in [0.25, 0.3) is 0 Å². The molecular formula is C22H44N2O. The highest BCUT2D eigenvalue weighted by Gasteiger charge is 2.24. The van der Waals surface area contributed by atoms with E-state index in [1.54, 1.807) is 0 Å². The first-order valence-electron chi connectivity index (χ1n) is 10.3. The number of rotatable bonds is 5. The van der Waals surface area contributed by atoms with Gasteiger partial charge in [-0.3, -0.25) is 0 Å². The molecule has 0 aromatic heterocycles. The monoisotopic (exact) mass is 352 g/mol. The molecule has 1 atom stereocenters. The molecule has 1 N–H and O–H groups in total. The fourth-order valence-corrected chi connectivity index (χ4v) is 2.72. The van der Waals surface area contributed by atoms with Gasteiger partial charge in [-0.15, -0.1) is 0 Å². The summed E-state index contributed by atoms with van der Waals surface area (Å²) < 4.78 is 5.89. The summed E-state index contributed by atoms with van der Waals surface area (Å²) in [6.07, 6.45) is 13.2. The lowest BCUT2D eigenvalue weighted by atomic mass is 9.77. The Labute approximate surface area is 157 Å². The van der Waals surface area contributed by atoms with Gasteiger partial charge in [0.05, 0.1) is 6.61 Å². The smallest absolute Gasteiger partial charge is 0.115 e. The molecule has 1 aliphatic carbocycles. The molecule has 0 aromatic carbocycles. The van der Waals surface area contributed by atoms with Crippen molar-refractivity contribution in [1.29, 1.82) is 0 Å². The predicted octanol–water partition coefficient (Wildman–Crippen LogP) is 5.25. The van der Waals surface area contributed by atoms with Gasteiger partial charge in [0.15, 0.2) is 0 Å². The Morgan fingerprint density at radius 2 is 1.72 bits per heavy atom. The SMILES string of the molecule is CC1C=C(OCCCN2CCCCC2)C=CC1(C)C.CCC.CNC. The lowest BCUT2D eigenvalue weighted by Gasteiger charge is -2.30. The van der Waals surface area contributed by atoms with Gasteiger partial charge in [0.1, 0.15) is 5.76 Å². The van der Waals surface area contributed by atoms with Crippen LogP contribution in [-0.4, -0.2) is 45.2 Å². The number of piperidine rings is 1. The van der Waals surface area contributed by atoms with Crippen molar-refractivity contribution in [3.8, 4) is 0 Å². The molecule has 148 valence electrons. The first-order chi connectivity index (χ1) is 11.9. The quantitative estimate of drug-likeness (QED) is 0.684. The summed E-state index contributed by atoms with van der Waals surface area (Å²) in [5.41, 5.74) is 0.265. The largest absolute Gasteiger partial charge is 0.494 e. The number of likely N-dealkylation sites (tertiary alicyclic amines) is 1. The van der Waals surface area contributed by atoms with Crippen molar-refractivity contribution >= 4 is 0 Å². The van der Waals surface area contributed by atoms with Crippen LogP contribution in [-0.2, 0) is 4.74 Å². The average Bonchev–Trinajstić information content (AvgIpc) is 2.57. The number of hydrogen-bond donors (Lipinski definition) is 1. The van der Waals surface area contributed by atoms with Crippen molar-refractivity contribution in [2.75, 3.05) is 40.3 Å². The van der Waals surface area contributed by atoms with Crippen LogP contribution in [0.15, 0.2) is 24.0 Å². The Morgan fingerprint density at radius 3 is 2.24 bits per heavy atom. The normalized spacial score (nSPS) is 22.0. The number of nitrogens with one attached hydrogen (secondary N) is 1. The Morgan fingerprint density at radius 1 is 1.16 bits per heavy atom. The molecule has 2 rings (SSSR count). The van der Waals surface area contributed by atoms with Crippen LogP contribution in [0.5, 0.6) is 0 Å². The molecule has 1 saturated heterocycles. The molecular weight excluding hydrogens is 308 g/mol. The summed E-state index contributed by atoms with van der Waals surface area (Å²) in [6.45, 7) is 15.7. The minimum absolute atomic E-state index is 0.265. The molecule has 0 spiro atoms. The van der Waals surface area contributed by atoms with Crippen LogP contribution in [0.3, 0.4) is 0 Å². The molecule has 25 heavy (non-hydrogen) atoms. The van der Waals surface area contributed by atoms with E-state index in [2.05, 4.69) is 63.1 Å². The van der Waals surface area contributed by atoms with Crippen LogP contribution >= 0.6 is 0 Å². The third kappa shape index (κ3) is 11.4.